The van der Waals surface area contributed by atoms with Crippen LogP contribution in [0.15, 0.2) is 270 Å². The van der Waals surface area contributed by atoms with Gasteiger partial charge >= 0.3 is 0 Å². The summed E-state index contributed by atoms with van der Waals surface area (Å²) in [7, 11) is 0. The number of hydrogen-bond donors (Lipinski definition) is 0. The van der Waals surface area contributed by atoms with Crippen molar-refractivity contribution in [2.45, 2.75) is 0 Å². The molecule has 5 heterocycles. The molecule has 12 aromatic carbocycles. The highest BCUT2D eigenvalue weighted by molar-refractivity contribution is 6.99. The highest BCUT2D eigenvalue weighted by atomic mass is 16.5. The molecule has 0 saturated heterocycles. The molecule has 0 bridgehead atoms. The van der Waals surface area contributed by atoms with Crippen LogP contribution in [0, 0.1) is 0 Å². The van der Waals surface area contributed by atoms with Crippen molar-refractivity contribution in [1.29, 1.82) is 0 Å². The van der Waals surface area contributed by atoms with Crippen LogP contribution in [0.25, 0.3) is 116 Å². The summed E-state index contributed by atoms with van der Waals surface area (Å²) >= 11 is 0. The Morgan fingerprint density at radius 1 is 0.308 bits per heavy atom. The van der Waals surface area contributed by atoms with Crippen molar-refractivity contribution in [3.8, 4) is 61.7 Å². The summed E-state index contributed by atoms with van der Waals surface area (Å²) in [5.41, 5.74) is 22.4. The first-order chi connectivity index (χ1) is 38.7. The van der Waals surface area contributed by atoms with Crippen molar-refractivity contribution in [1.82, 2.24) is 4.57 Å². The van der Waals surface area contributed by atoms with Gasteiger partial charge in [-0.1, -0.05) is 188 Å². The molecule has 5 nitrogen and oxygen atoms in total. The minimum atomic E-state index is -0.176. The number of hydrogen-bond acceptors (Lipinski definition) is 4. The Bertz CT molecular complexity index is 4860. The average molecular weight is 995 g/mol. The van der Waals surface area contributed by atoms with Crippen LogP contribution in [0.4, 0.5) is 17.1 Å². The molecular weight excluding hydrogens is 952 g/mol. The normalized spacial score (nSPS) is 12.7. The molecule has 0 fully saturated rings. The number of benzene rings is 12. The zero-order valence-electron chi connectivity index (χ0n) is 42.0. The van der Waals surface area contributed by atoms with Gasteiger partial charge in [0.05, 0.1) is 22.4 Å². The lowest BCUT2D eigenvalue weighted by Crippen LogP contribution is -2.59. The Kier molecular flexibility index (Phi) is 9.15. The second-order valence-corrected chi connectivity index (χ2v) is 20.7. The number of anilines is 3. The zero-order valence-corrected chi connectivity index (χ0v) is 42.0. The van der Waals surface area contributed by atoms with Gasteiger partial charge in [-0.05, 0) is 116 Å². The van der Waals surface area contributed by atoms with Gasteiger partial charge in [-0.3, -0.25) is 0 Å². The highest BCUT2D eigenvalue weighted by Crippen LogP contribution is 2.51. The number of rotatable bonds is 6. The molecular formula is C72H43BN2O3. The van der Waals surface area contributed by atoms with Crippen LogP contribution in [0.1, 0.15) is 0 Å². The van der Waals surface area contributed by atoms with E-state index in [2.05, 4.69) is 246 Å². The molecule has 6 heteroatoms. The fourth-order valence-corrected chi connectivity index (χ4v) is 13.0. The third-order valence-corrected chi connectivity index (χ3v) is 16.4. The number of fused-ring (bicyclic) bond motifs is 13. The predicted molar refractivity (Wildman–Crippen MR) is 323 cm³/mol. The van der Waals surface area contributed by atoms with Gasteiger partial charge in [0.15, 0.2) is 0 Å². The highest BCUT2D eigenvalue weighted by Gasteiger charge is 2.44. The molecule has 362 valence electrons. The Morgan fingerprint density at radius 3 is 1.40 bits per heavy atom. The van der Waals surface area contributed by atoms with E-state index in [0.717, 1.165) is 145 Å². The summed E-state index contributed by atoms with van der Waals surface area (Å²) in [6.07, 6.45) is 0. The van der Waals surface area contributed by atoms with Crippen molar-refractivity contribution < 1.29 is 13.6 Å². The molecule has 0 radical (unpaired) electrons. The molecule has 0 atom stereocenters. The van der Waals surface area contributed by atoms with Crippen molar-refractivity contribution in [2.24, 2.45) is 0 Å². The summed E-state index contributed by atoms with van der Waals surface area (Å²) < 4.78 is 22.6. The Labute approximate surface area is 449 Å². The van der Waals surface area contributed by atoms with Gasteiger partial charge in [-0.2, -0.15) is 0 Å². The Morgan fingerprint density at radius 2 is 0.795 bits per heavy atom. The fourth-order valence-electron chi connectivity index (χ4n) is 13.0. The first-order valence-electron chi connectivity index (χ1n) is 26.7. The van der Waals surface area contributed by atoms with Gasteiger partial charge in [0.25, 0.3) is 6.71 Å². The fraction of sp³-hybridized carbons (Fsp3) is 0. The molecule has 17 rings (SSSR count). The van der Waals surface area contributed by atoms with Crippen LogP contribution in [-0.4, -0.2) is 11.3 Å². The molecule has 0 N–H and O–H groups in total. The second kappa shape index (κ2) is 16.6. The Balaban J connectivity index is 0.968. The van der Waals surface area contributed by atoms with E-state index in [1.54, 1.807) is 0 Å². The number of ether oxygens (including phenoxy) is 1. The molecule has 3 aromatic heterocycles. The molecule has 15 aromatic rings. The first kappa shape index (κ1) is 43.0. The third kappa shape index (κ3) is 6.38. The quantitative estimate of drug-likeness (QED) is 0.156. The minimum absolute atomic E-state index is 0.176. The lowest BCUT2D eigenvalue weighted by molar-refractivity contribution is 0.487. The van der Waals surface area contributed by atoms with Crippen molar-refractivity contribution >= 4 is 106 Å². The molecule has 2 aliphatic rings. The third-order valence-electron chi connectivity index (χ3n) is 16.4. The molecule has 2 aliphatic heterocycles. The van der Waals surface area contributed by atoms with Gasteiger partial charge in [0.1, 0.15) is 33.8 Å². The summed E-state index contributed by atoms with van der Waals surface area (Å²) in [6, 6.07) is 94.4. The predicted octanol–water partition coefficient (Wildman–Crippen LogP) is 17.7. The van der Waals surface area contributed by atoms with E-state index in [-0.39, 0.29) is 6.71 Å². The Hall–Kier alpha value is -10.3. The van der Waals surface area contributed by atoms with E-state index in [1.807, 2.05) is 24.3 Å². The maximum atomic E-state index is 7.51. The average Bonchev–Trinajstić information content (AvgIpc) is 4.30. The van der Waals surface area contributed by atoms with E-state index < -0.39 is 0 Å². The number of furan rings is 2. The SMILES string of the molecule is c1ccc(-c2cccc(-c3ccccc3)c2N2c3cc(-c4ccc5oc6ccccc6c5c4)ccc3B3c4ccc(-c5ccc6oc7ccccc7c6c5)cc4Oc4cc(-n5c6ccccc6c6ccccc65)cc2c43)cc1. The monoisotopic (exact) mass is 994 g/mol. The maximum absolute atomic E-state index is 7.51. The van der Waals surface area contributed by atoms with E-state index in [4.69, 9.17) is 13.6 Å². The van der Waals surface area contributed by atoms with Gasteiger partial charge in [-0.15, -0.1) is 0 Å². The lowest BCUT2D eigenvalue weighted by atomic mass is 9.34. The van der Waals surface area contributed by atoms with Gasteiger partial charge in [0, 0.05) is 60.9 Å². The van der Waals surface area contributed by atoms with Crippen molar-refractivity contribution in [3.05, 3.63) is 261 Å². The summed E-state index contributed by atoms with van der Waals surface area (Å²) in [5.74, 6) is 1.66. The van der Waals surface area contributed by atoms with Crippen LogP contribution in [-0.2, 0) is 0 Å². The van der Waals surface area contributed by atoms with Crippen LogP contribution >= 0.6 is 0 Å². The molecule has 78 heavy (non-hydrogen) atoms. The summed E-state index contributed by atoms with van der Waals surface area (Å²) in [6.45, 7) is -0.176. The van der Waals surface area contributed by atoms with E-state index >= 15 is 0 Å². The standard InChI is InChI=1S/C72H43BN2O3/c1-3-16-44(17-4-1)51-24-15-25-52(45-18-5-2-6-19-45)72(51)75-63-40-48(46-32-36-67-57(38-46)55-22-9-13-28-65(55)76-67)30-34-59(63)73-60-35-31-49(47-33-37-68-58(39-47)56-23-10-14-29-66(56)77-68)41-69(60)78-70-43-50(42-64(75)71(70)73)74-61-26-11-7-20-53(61)54-21-8-12-27-62(54)74/h1-43H. The van der Waals surface area contributed by atoms with Crippen LogP contribution in [0.5, 0.6) is 11.5 Å². The lowest BCUT2D eigenvalue weighted by Gasteiger charge is -2.42. The number of para-hydroxylation sites is 5. The number of aromatic nitrogens is 1. The summed E-state index contributed by atoms with van der Waals surface area (Å²) in [5, 5.41) is 6.80. The van der Waals surface area contributed by atoms with Gasteiger partial charge < -0.3 is 23.0 Å². The van der Waals surface area contributed by atoms with Gasteiger partial charge in [-0.25, -0.2) is 0 Å². The molecule has 0 unspecified atom stereocenters. The first-order valence-corrected chi connectivity index (χ1v) is 26.7. The maximum Gasteiger partial charge on any atom is 0.256 e. The topological polar surface area (TPSA) is 43.7 Å². The van der Waals surface area contributed by atoms with Crippen LogP contribution in [0.3, 0.4) is 0 Å². The minimum Gasteiger partial charge on any atom is -0.458 e. The molecule has 0 spiro atoms. The van der Waals surface area contributed by atoms with Crippen LogP contribution < -0.4 is 26.0 Å². The van der Waals surface area contributed by atoms with Crippen LogP contribution in [0.2, 0.25) is 0 Å². The van der Waals surface area contributed by atoms with E-state index in [9.17, 15) is 0 Å². The van der Waals surface area contributed by atoms with E-state index in [0.29, 0.717) is 0 Å². The zero-order chi connectivity index (χ0) is 51.0. The summed E-state index contributed by atoms with van der Waals surface area (Å²) in [4.78, 5) is 2.56. The second-order valence-electron chi connectivity index (χ2n) is 20.7. The van der Waals surface area contributed by atoms with Crippen molar-refractivity contribution in [3.63, 3.8) is 0 Å². The number of nitrogens with zero attached hydrogens (tertiary/aromatic N) is 2. The molecule has 0 saturated carbocycles. The van der Waals surface area contributed by atoms with Crippen molar-refractivity contribution in [2.75, 3.05) is 4.90 Å². The smallest absolute Gasteiger partial charge is 0.256 e. The molecule has 0 aliphatic carbocycles. The van der Waals surface area contributed by atoms with E-state index in [1.165, 1.54) is 16.2 Å². The van der Waals surface area contributed by atoms with Gasteiger partial charge in [0.2, 0.25) is 0 Å². The largest absolute Gasteiger partial charge is 0.458 e. The molecule has 0 amide bonds.